The zero-order valence-corrected chi connectivity index (χ0v) is 14.6. The van der Waals surface area contributed by atoms with Gasteiger partial charge in [0.15, 0.2) is 0 Å². The minimum Gasteiger partial charge on any atom is -0.382 e. The van der Waals surface area contributed by atoms with Crippen LogP contribution in [0.3, 0.4) is 0 Å². The summed E-state index contributed by atoms with van der Waals surface area (Å²) in [6.45, 7) is 2.25. The molecule has 1 aromatic heterocycles. The van der Waals surface area contributed by atoms with Crippen molar-refractivity contribution in [3.05, 3.63) is 70.0 Å². The predicted molar refractivity (Wildman–Crippen MR) is 100 cm³/mol. The van der Waals surface area contributed by atoms with Gasteiger partial charge in [-0.2, -0.15) is 4.68 Å². The summed E-state index contributed by atoms with van der Waals surface area (Å²) in [6.07, 6.45) is 0. The molecule has 0 fully saturated rings. The molecular formula is C17H19ClN5S+. The van der Waals surface area contributed by atoms with Gasteiger partial charge in [-0.25, -0.2) is 10.1 Å². The van der Waals surface area contributed by atoms with Crippen LogP contribution in [0.25, 0.3) is 0 Å². The first-order valence-corrected chi connectivity index (χ1v) is 8.49. The molecule has 0 aliphatic heterocycles. The van der Waals surface area contributed by atoms with Gasteiger partial charge in [-0.3, -0.25) is 5.32 Å². The number of aromatic nitrogens is 3. The molecule has 124 valence electrons. The summed E-state index contributed by atoms with van der Waals surface area (Å²) in [5.74, 6) is 0.863. The number of hydrogen-bond acceptors (Lipinski definition) is 3. The second-order valence-corrected chi connectivity index (χ2v) is 6.19. The van der Waals surface area contributed by atoms with Crippen molar-refractivity contribution in [3.8, 4) is 0 Å². The summed E-state index contributed by atoms with van der Waals surface area (Å²) < 4.78 is 2.57. The van der Waals surface area contributed by atoms with E-state index < -0.39 is 0 Å². The van der Waals surface area contributed by atoms with Crippen LogP contribution >= 0.6 is 23.8 Å². The van der Waals surface area contributed by atoms with Crippen LogP contribution < -0.4 is 15.3 Å². The summed E-state index contributed by atoms with van der Waals surface area (Å²) in [5.41, 5.74) is 2.25. The molecule has 0 spiro atoms. The van der Waals surface area contributed by atoms with E-state index in [0.29, 0.717) is 4.77 Å². The number of anilines is 2. The number of nitrogens with one attached hydrogen (secondary N) is 4. The van der Waals surface area contributed by atoms with Gasteiger partial charge in [-0.15, -0.1) is 0 Å². The number of H-pyrrole nitrogens is 2. The third kappa shape index (κ3) is 4.59. The van der Waals surface area contributed by atoms with E-state index in [1.165, 1.54) is 5.56 Å². The summed E-state index contributed by atoms with van der Waals surface area (Å²) in [6, 6.07) is 17.9. The van der Waals surface area contributed by atoms with Gasteiger partial charge in [0.1, 0.15) is 6.54 Å². The fourth-order valence-electron chi connectivity index (χ4n) is 2.36. The molecular weight excluding hydrogens is 342 g/mol. The molecule has 24 heavy (non-hydrogen) atoms. The molecule has 0 saturated carbocycles. The average molecular weight is 361 g/mol. The van der Waals surface area contributed by atoms with E-state index in [0.717, 1.165) is 36.3 Å². The second-order valence-electron chi connectivity index (χ2n) is 5.35. The Labute approximate surface area is 150 Å². The van der Waals surface area contributed by atoms with Crippen molar-refractivity contribution in [1.82, 2.24) is 10.1 Å². The number of halogens is 1. The molecule has 0 saturated heterocycles. The van der Waals surface area contributed by atoms with Crippen molar-refractivity contribution < 1.29 is 4.68 Å². The molecule has 1 heterocycles. The van der Waals surface area contributed by atoms with Gasteiger partial charge in [-0.05, 0) is 42.0 Å². The highest BCUT2D eigenvalue weighted by molar-refractivity contribution is 7.71. The molecule has 0 amide bonds. The van der Waals surface area contributed by atoms with Crippen LogP contribution in [0.1, 0.15) is 5.56 Å². The molecule has 0 radical (unpaired) electrons. The second kappa shape index (κ2) is 7.99. The van der Waals surface area contributed by atoms with Crippen molar-refractivity contribution in [2.24, 2.45) is 0 Å². The fourth-order valence-corrected chi connectivity index (χ4v) is 2.69. The number of hydrogen-bond donors (Lipinski definition) is 4. The van der Waals surface area contributed by atoms with Crippen LogP contribution in [0, 0.1) is 4.77 Å². The van der Waals surface area contributed by atoms with E-state index in [4.69, 9.17) is 23.8 Å². The third-order valence-corrected chi connectivity index (χ3v) is 3.96. The maximum absolute atomic E-state index is 5.88. The summed E-state index contributed by atoms with van der Waals surface area (Å²) >= 11 is 11.1. The highest BCUT2D eigenvalue weighted by Gasteiger charge is 2.11. The molecule has 4 N–H and O–H groups in total. The number of benzene rings is 2. The monoisotopic (exact) mass is 360 g/mol. The Morgan fingerprint density at radius 3 is 2.42 bits per heavy atom. The van der Waals surface area contributed by atoms with E-state index >= 15 is 0 Å². The molecule has 0 bridgehead atoms. The van der Waals surface area contributed by atoms with Gasteiger partial charge in [-0.1, -0.05) is 41.9 Å². The van der Waals surface area contributed by atoms with E-state index in [1.807, 2.05) is 47.1 Å². The number of nitrogens with zero attached hydrogens (tertiary/aromatic N) is 1. The average Bonchev–Trinajstić information content (AvgIpc) is 2.93. The molecule has 7 heteroatoms. The van der Waals surface area contributed by atoms with Crippen LogP contribution in [0.15, 0.2) is 54.6 Å². The Bertz CT molecular complexity index is 826. The molecule has 3 aromatic rings. The molecule has 3 rings (SSSR count). The fraction of sp³-hybridized carbons (Fsp3) is 0.176. The topological polar surface area (TPSA) is 59.5 Å². The quantitative estimate of drug-likeness (QED) is 0.296. The third-order valence-electron chi connectivity index (χ3n) is 3.51. The molecule has 0 aliphatic carbocycles. The van der Waals surface area contributed by atoms with Crippen molar-refractivity contribution >= 4 is 35.5 Å². The zero-order chi connectivity index (χ0) is 16.8. The summed E-state index contributed by atoms with van der Waals surface area (Å²) in [4.78, 5) is 3.14. The summed E-state index contributed by atoms with van der Waals surface area (Å²) in [5, 5.41) is 10.6. The molecule has 0 atom stereocenters. The lowest BCUT2D eigenvalue weighted by Gasteiger charge is -2.06. The maximum Gasteiger partial charge on any atom is 0.375 e. The van der Waals surface area contributed by atoms with Gasteiger partial charge in [0.05, 0.1) is 6.54 Å². The highest BCUT2D eigenvalue weighted by atomic mass is 35.5. The molecule has 0 unspecified atom stereocenters. The standard InChI is InChI=1S/C17H18ClN5S/c18-14-6-8-15(9-7-14)19-10-11-20-16-21-17(24)22-23(16)12-13-4-2-1-3-5-13/h1-9,19H,10-12H2,(H2,20,21,22,24)/p+1. The van der Waals surface area contributed by atoms with E-state index in [9.17, 15) is 0 Å². The lowest BCUT2D eigenvalue weighted by molar-refractivity contribution is -0.730. The van der Waals surface area contributed by atoms with Crippen LogP contribution in [0.4, 0.5) is 11.6 Å². The van der Waals surface area contributed by atoms with E-state index in [2.05, 4.69) is 32.8 Å². The van der Waals surface area contributed by atoms with Gasteiger partial charge in [0.2, 0.25) is 0 Å². The van der Waals surface area contributed by atoms with Crippen molar-refractivity contribution in [3.63, 3.8) is 0 Å². The van der Waals surface area contributed by atoms with E-state index in [-0.39, 0.29) is 0 Å². The Balaban J connectivity index is 1.55. The lowest BCUT2D eigenvalue weighted by atomic mass is 10.2. The van der Waals surface area contributed by atoms with Gasteiger partial charge < -0.3 is 5.32 Å². The highest BCUT2D eigenvalue weighted by Crippen LogP contribution is 2.12. The molecule has 0 aliphatic rings. The smallest absolute Gasteiger partial charge is 0.375 e. The Morgan fingerprint density at radius 2 is 1.67 bits per heavy atom. The molecule has 2 aromatic carbocycles. The number of aromatic amines is 2. The lowest BCUT2D eigenvalue weighted by Crippen LogP contribution is -2.39. The minimum absolute atomic E-state index is 0.596. The van der Waals surface area contributed by atoms with Crippen LogP contribution in [-0.4, -0.2) is 23.2 Å². The SMILES string of the molecule is S=c1[nH]c(NCCNc2ccc(Cl)cc2)[n+](Cc2ccccc2)[nH]1. The Kier molecular flexibility index (Phi) is 5.51. The predicted octanol–water partition coefficient (Wildman–Crippen LogP) is 3.59. The minimum atomic E-state index is 0.596. The maximum atomic E-state index is 5.88. The zero-order valence-electron chi connectivity index (χ0n) is 13.1. The first-order valence-electron chi connectivity index (χ1n) is 7.70. The van der Waals surface area contributed by atoms with E-state index in [1.54, 1.807) is 0 Å². The summed E-state index contributed by atoms with van der Waals surface area (Å²) in [7, 11) is 0. The van der Waals surface area contributed by atoms with Crippen molar-refractivity contribution in [2.75, 3.05) is 23.7 Å². The van der Waals surface area contributed by atoms with Crippen LogP contribution in [0.5, 0.6) is 0 Å². The van der Waals surface area contributed by atoms with Crippen molar-refractivity contribution in [2.45, 2.75) is 6.54 Å². The largest absolute Gasteiger partial charge is 0.382 e. The van der Waals surface area contributed by atoms with Crippen molar-refractivity contribution in [1.29, 1.82) is 0 Å². The first kappa shape index (κ1) is 16.5. The number of rotatable bonds is 7. The van der Waals surface area contributed by atoms with Crippen LogP contribution in [-0.2, 0) is 6.54 Å². The van der Waals surface area contributed by atoms with Gasteiger partial charge in [0, 0.05) is 17.3 Å². The van der Waals surface area contributed by atoms with Gasteiger partial charge >= 0.3 is 5.95 Å². The first-order chi connectivity index (χ1) is 11.7. The Morgan fingerprint density at radius 1 is 0.958 bits per heavy atom. The Hall–Kier alpha value is -2.31. The van der Waals surface area contributed by atoms with Crippen LogP contribution in [0.2, 0.25) is 5.02 Å². The normalized spacial score (nSPS) is 10.5. The van der Waals surface area contributed by atoms with Gasteiger partial charge in [0.25, 0.3) is 4.77 Å². The molecule has 5 nitrogen and oxygen atoms in total.